The minimum absolute atomic E-state index is 0.145. The Labute approximate surface area is 151 Å². The van der Waals surface area contributed by atoms with E-state index in [0.717, 1.165) is 5.69 Å². The van der Waals surface area contributed by atoms with Crippen LogP contribution in [0.4, 0.5) is 17.1 Å². The molecule has 0 aliphatic rings. The van der Waals surface area contributed by atoms with E-state index in [4.69, 9.17) is 0 Å². The molecule has 2 aromatic carbocycles. The lowest BCUT2D eigenvalue weighted by molar-refractivity contribution is -0.384. The van der Waals surface area contributed by atoms with Gasteiger partial charge in [0.05, 0.1) is 4.92 Å². The Balaban J connectivity index is 2.08. The molecule has 0 fully saturated rings. The molecule has 0 saturated heterocycles. The first-order chi connectivity index (χ1) is 12.4. The average molecular weight is 350 g/mol. The molecule has 0 radical (unpaired) electrons. The molecule has 0 atom stereocenters. The molecule has 0 unspecified atom stereocenters. The number of rotatable bonds is 6. The number of nitrogens with one attached hydrogen (secondary N) is 2. The summed E-state index contributed by atoms with van der Waals surface area (Å²) in [7, 11) is 0. The maximum atomic E-state index is 12.2. The first kappa shape index (κ1) is 18.7. The molecule has 132 valence electrons. The van der Waals surface area contributed by atoms with Crippen LogP contribution in [0.1, 0.15) is 25.3 Å². The standard InChI is InChI=1S/C19H18N4O3/c1-13(2)14-6-8-16(9-7-14)21-12-15(11-20)19(24)22-17-4-3-5-18(10-17)23(25)26/h3-10,12-13,21H,1-2H3,(H,22,24)/b15-12-. The van der Waals surface area contributed by atoms with Crippen LogP contribution in [-0.4, -0.2) is 10.8 Å². The van der Waals surface area contributed by atoms with Gasteiger partial charge in [-0.15, -0.1) is 0 Å². The summed E-state index contributed by atoms with van der Waals surface area (Å²) in [6, 6.07) is 15.0. The van der Waals surface area contributed by atoms with Gasteiger partial charge in [-0.2, -0.15) is 5.26 Å². The van der Waals surface area contributed by atoms with Crippen LogP contribution in [-0.2, 0) is 4.79 Å². The van der Waals surface area contributed by atoms with Crippen LogP contribution in [0.5, 0.6) is 0 Å². The van der Waals surface area contributed by atoms with Gasteiger partial charge in [-0.05, 0) is 29.7 Å². The molecule has 2 aromatic rings. The third kappa shape index (κ3) is 4.92. The van der Waals surface area contributed by atoms with Gasteiger partial charge in [0.25, 0.3) is 11.6 Å². The second-order valence-electron chi connectivity index (χ2n) is 5.85. The summed E-state index contributed by atoms with van der Waals surface area (Å²) >= 11 is 0. The maximum absolute atomic E-state index is 12.2. The van der Waals surface area contributed by atoms with E-state index < -0.39 is 10.8 Å². The Morgan fingerprint density at radius 2 is 1.88 bits per heavy atom. The minimum atomic E-state index is -0.653. The molecule has 0 aromatic heterocycles. The molecule has 7 heteroatoms. The van der Waals surface area contributed by atoms with E-state index in [1.54, 1.807) is 0 Å². The number of nitrogens with zero attached hydrogens (tertiary/aromatic N) is 2. The van der Waals surface area contributed by atoms with Crippen molar-refractivity contribution in [3.05, 3.63) is 76.0 Å². The highest BCUT2D eigenvalue weighted by Crippen LogP contribution is 2.19. The van der Waals surface area contributed by atoms with E-state index in [1.165, 1.54) is 36.0 Å². The van der Waals surface area contributed by atoms with Crippen LogP contribution in [0.15, 0.2) is 60.3 Å². The molecule has 0 aliphatic carbocycles. The molecule has 0 heterocycles. The first-order valence-corrected chi connectivity index (χ1v) is 7.93. The Kier molecular flexibility index (Phi) is 6.06. The van der Waals surface area contributed by atoms with Crippen LogP contribution in [0.2, 0.25) is 0 Å². The van der Waals surface area contributed by atoms with E-state index in [2.05, 4.69) is 24.5 Å². The Hall–Kier alpha value is -3.66. The Morgan fingerprint density at radius 3 is 2.46 bits per heavy atom. The smallest absolute Gasteiger partial charge is 0.271 e. The largest absolute Gasteiger partial charge is 0.360 e. The van der Waals surface area contributed by atoms with Crippen molar-refractivity contribution in [2.24, 2.45) is 0 Å². The van der Waals surface area contributed by atoms with E-state index in [-0.39, 0.29) is 16.9 Å². The molecule has 2 N–H and O–H groups in total. The second-order valence-corrected chi connectivity index (χ2v) is 5.85. The zero-order chi connectivity index (χ0) is 19.1. The van der Waals surface area contributed by atoms with Gasteiger partial charge in [0.2, 0.25) is 0 Å². The van der Waals surface area contributed by atoms with Crippen molar-refractivity contribution in [2.75, 3.05) is 10.6 Å². The summed E-state index contributed by atoms with van der Waals surface area (Å²) in [5.41, 5.74) is 1.87. The summed E-state index contributed by atoms with van der Waals surface area (Å²) in [6.07, 6.45) is 1.30. The van der Waals surface area contributed by atoms with Gasteiger partial charge in [-0.25, -0.2) is 0 Å². The predicted octanol–water partition coefficient (Wildman–Crippen LogP) is 4.18. The lowest BCUT2D eigenvalue weighted by Gasteiger charge is -2.07. The number of anilines is 2. The van der Waals surface area contributed by atoms with Crippen molar-refractivity contribution in [1.82, 2.24) is 0 Å². The van der Waals surface area contributed by atoms with Crippen molar-refractivity contribution in [3.8, 4) is 6.07 Å². The molecule has 1 amide bonds. The van der Waals surface area contributed by atoms with Crippen molar-refractivity contribution >= 4 is 23.0 Å². The van der Waals surface area contributed by atoms with E-state index >= 15 is 0 Å². The van der Waals surface area contributed by atoms with Gasteiger partial charge < -0.3 is 10.6 Å². The van der Waals surface area contributed by atoms with Crippen LogP contribution in [0, 0.1) is 21.4 Å². The highest BCUT2D eigenvalue weighted by molar-refractivity contribution is 6.06. The number of benzene rings is 2. The number of hydrogen-bond donors (Lipinski definition) is 2. The number of non-ortho nitro benzene ring substituents is 1. The van der Waals surface area contributed by atoms with Gasteiger partial charge in [-0.3, -0.25) is 14.9 Å². The van der Waals surface area contributed by atoms with Crippen LogP contribution < -0.4 is 10.6 Å². The molecule has 26 heavy (non-hydrogen) atoms. The molecular formula is C19H18N4O3. The number of nitro benzene ring substituents is 1. The van der Waals surface area contributed by atoms with Crippen molar-refractivity contribution in [1.29, 1.82) is 5.26 Å². The zero-order valence-corrected chi connectivity index (χ0v) is 14.4. The number of hydrogen-bond acceptors (Lipinski definition) is 5. The number of amides is 1. The molecule has 7 nitrogen and oxygen atoms in total. The zero-order valence-electron chi connectivity index (χ0n) is 14.4. The lowest BCUT2D eigenvalue weighted by Crippen LogP contribution is -2.14. The quantitative estimate of drug-likeness (QED) is 0.352. The Morgan fingerprint density at radius 1 is 1.19 bits per heavy atom. The average Bonchev–Trinajstić information content (AvgIpc) is 2.62. The number of carbonyl (C=O) groups excluding carboxylic acids is 1. The molecule has 0 bridgehead atoms. The topological polar surface area (TPSA) is 108 Å². The van der Waals surface area contributed by atoms with Crippen LogP contribution >= 0.6 is 0 Å². The summed E-state index contributed by atoms with van der Waals surface area (Å²) in [5, 5.41) is 25.3. The molecule has 0 saturated carbocycles. The van der Waals surface area contributed by atoms with Gasteiger partial charge in [0.15, 0.2) is 0 Å². The van der Waals surface area contributed by atoms with Gasteiger partial charge >= 0.3 is 0 Å². The number of carbonyl (C=O) groups is 1. The van der Waals surface area contributed by atoms with Crippen molar-refractivity contribution < 1.29 is 9.72 Å². The summed E-state index contributed by atoms with van der Waals surface area (Å²) in [4.78, 5) is 22.4. The highest BCUT2D eigenvalue weighted by atomic mass is 16.6. The van der Waals surface area contributed by atoms with E-state index in [1.807, 2.05) is 30.3 Å². The van der Waals surface area contributed by atoms with Gasteiger partial charge in [0.1, 0.15) is 11.6 Å². The predicted molar refractivity (Wildman–Crippen MR) is 99.6 cm³/mol. The first-order valence-electron chi connectivity index (χ1n) is 7.93. The minimum Gasteiger partial charge on any atom is -0.360 e. The summed E-state index contributed by atoms with van der Waals surface area (Å²) in [5.74, 6) is -0.241. The fraction of sp³-hybridized carbons (Fsp3) is 0.158. The maximum Gasteiger partial charge on any atom is 0.271 e. The molecule has 0 aliphatic heterocycles. The third-order valence-corrected chi connectivity index (χ3v) is 3.64. The summed E-state index contributed by atoms with van der Waals surface area (Å²) < 4.78 is 0. The van der Waals surface area contributed by atoms with Crippen molar-refractivity contribution in [3.63, 3.8) is 0 Å². The monoisotopic (exact) mass is 350 g/mol. The molecule has 0 spiro atoms. The van der Waals surface area contributed by atoms with E-state index in [0.29, 0.717) is 5.92 Å². The van der Waals surface area contributed by atoms with Crippen LogP contribution in [0.25, 0.3) is 0 Å². The second kappa shape index (κ2) is 8.44. The lowest BCUT2D eigenvalue weighted by atomic mass is 10.0. The van der Waals surface area contributed by atoms with E-state index in [9.17, 15) is 20.2 Å². The SMILES string of the molecule is CC(C)c1ccc(N/C=C(/C#N)C(=O)Nc2cccc([N+](=O)[O-])c2)cc1. The fourth-order valence-electron chi connectivity index (χ4n) is 2.16. The molecule has 2 rings (SSSR count). The van der Waals surface area contributed by atoms with Crippen LogP contribution in [0.3, 0.4) is 0 Å². The highest BCUT2D eigenvalue weighted by Gasteiger charge is 2.12. The molecular weight excluding hydrogens is 332 g/mol. The normalized spacial score (nSPS) is 10.9. The Bertz CT molecular complexity index is 880. The van der Waals surface area contributed by atoms with Crippen molar-refractivity contribution in [2.45, 2.75) is 19.8 Å². The number of nitro groups is 1. The third-order valence-electron chi connectivity index (χ3n) is 3.64. The van der Waals surface area contributed by atoms with Gasteiger partial charge in [-0.1, -0.05) is 32.0 Å². The summed E-state index contributed by atoms with van der Waals surface area (Å²) in [6.45, 7) is 4.18. The fourth-order valence-corrected chi connectivity index (χ4v) is 2.16. The van der Waals surface area contributed by atoms with Gasteiger partial charge in [0, 0.05) is 29.7 Å². The number of nitriles is 1.